The van der Waals surface area contributed by atoms with Crippen LogP contribution in [0.25, 0.3) is 16.0 Å². The molecule has 0 spiro atoms. The molecule has 4 heteroatoms. The van der Waals surface area contributed by atoms with Crippen LogP contribution < -0.4 is 0 Å². The van der Waals surface area contributed by atoms with Crippen molar-refractivity contribution in [2.45, 2.75) is 25.4 Å². The second kappa shape index (κ2) is 7.49. The van der Waals surface area contributed by atoms with Crippen LogP contribution in [0.3, 0.4) is 0 Å². The van der Waals surface area contributed by atoms with Gasteiger partial charge in [-0.05, 0) is 35.9 Å². The minimum Gasteiger partial charge on any atom is -0.393 e. The maximum Gasteiger partial charge on any atom is 0.0596 e. The molecule has 1 aromatic carbocycles. The summed E-state index contributed by atoms with van der Waals surface area (Å²) < 4.78 is 0. The van der Waals surface area contributed by atoms with Gasteiger partial charge in [-0.1, -0.05) is 42.0 Å². The summed E-state index contributed by atoms with van der Waals surface area (Å²) in [5.41, 5.74) is 10.3. The Balaban J connectivity index is 2.27. The molecule has 0 aliphatic heterocycles. The van der Waals surface area contributed by atoms with Crippen LogP contribution in [0, 0.1) is 0 Å². The lowest BCUT2D eigenvalue weighted by Gasteiger charge is -2.08. The lowest BCUT2D eigenvalue weighted by Crippen LogP contribution is -2.09. The van der Waals surface area contributed by atoms with E-state index in [1.54, 1.807) is 0 Å². The smallest absolute Gasteiger partial charge is 0.0596 e. The van der Waals surface area contributed by atoms with Gasteiger partial charge in [-0.25, -0.2) is 0 Å². The number of nitrogens with zero attached hydrogens (tertiary/aromatic N) is 3. The number of rotatable bonds is 7. The predicted molar refractivity (Wildman–Crippen MR) is 69.3 cm³/mol. The van der Waals surface area contributed by atoms with Crippen LogP contribution in [0.15, 0.2) is 42.0 Å². The highest BCUT2D eigenvalue weighted by Gasteiger charge is 2.03. The van der Waals surface area contributed by atoms with E-state index in [-0.39, 0.29) is 6.54 Å². The van der Waals surface area contributed by atoms with Crippen LogP contribution in [0.1, 0.15) is 24.8 Å². The third kappa shape index (κ3) is 5.20. The molecule has 1 atom stereocenters. The highest BCUT2D eigenvalue weighted by Crippen LogP contribution is 2.18. The van der Waals surface area contributed by atoms with Crippen LogP contribution >= 0.6 is 0 Å². The fourth-order valence-electron chi connectivity index (χ4n) is 1.59. The molecule has 0 fully saturated rings. The lowest BCUT2D eigenvalue weighted by atomic mass is 10.0. The van der Waals surface area contributed by atoms with E-state index in [1.165, 1.54) is 0 Å². The molecule has 17 heavy (non-hydrogen) atoms. The zero-order valence-corrected chi connectivity index (χ0v) is 9.79. The number of hydrogen-bond acceptors (Lipinski definition) is 2. The van der Waals surface area contributed by atoms with Crippen LogP contribution in [0.2, 0.25) is 0 Å². The monoisotopic (exact) mass is 231 g/mol. The van der Waals surface area contributed by atoms with E-state index in [2.05, 4.69) is 16.6 Å². The molecule has 0 aliphatic rings. The Kier molecular flexibility index (Phi) is 5.86. The molecule has 0 radical (unpaired) electrons. The highest BCUT2D eigenvalue weighted by atomic mass is 16.3. The molecule has 0 amide bonds. The van der Waals surface area contributed by atoms with Crippen LogP contribution in [-0.2, 0) is 0 Å². The molecular weight excluding hydrogens is 214 g/mol. The van der Waals surface area contributed by atoms with Gasteiger partial charge in [0.15, 0.2) is 0 Å². The van der Waals surface area contributed by atoms with Gasteiger partial charge < -0.3 is 5.11 Å². The molecule has 1 unspecified atom stereocenters. The van der Waals surface area contributed by atoms with E-state index in [0.717, 1.165) is 24.0 Å². The third-order valence-corrected chi connectivity index (χ3v) is 2.55. The van der Waals surface area contributed by atoms with Crippen molar-refractivity contribution in [1.82, 2.24) is 0 Å². The molecule has 0 bridgehead atoms. The molecule has 0 saturated carbocycles. The van der Waals surface area contributed by atoms with E-state index in [1.807, 2.05) is 30.3 Å². The maximum absolute atomic E-state index is 9.47. The molecule has 0 aromatic heterocycles. The van der Waals surface area contributed by atoms with Gasteiger partial charge in [0.1, 0.15) is 0 Å². The van der Waals surface area contributed by atoms with Crippen molar-refractivity contribution < 1.29 is 5.11 Å². The molecule has 0 heterocycles. The number of hydrogen-bond donors (Lipinski definition) is 1. The van der Waals surface area contributed by atoms with E-state index in [4.69, 9.17) is 5.53 Å². The van der Waals surface area contributed by atoms with Gasteiger partial charge in [0, 0.05) is 4.91 Å². The first kappa shape index (κ1) is 13.3. The Hall–Kier alpha value is -1.77. The molecular formula is C13H17N3O. The SMILES string of the molecule is C=C(CCCC(O)CN=[N+]=[N-])c1ccccc1. The summed E-state index contributed by atoms with van der Waals surface area (Å²) in [6.07, 6.45) is 1.77. The molecule has 4 nitrogen and oxygen atoms in total. The molecule has 1 aromatic rings. The van der Waals surface area contributed by atoms with Crippen LogP contribution in [-0.4, -0.2) is 17.8 Å². The highest BCUT2D eigenvalue weighted by molar-refractivity contribution is 5.62. The van der Waals surface area contributed by atoms with Crippen molar-refractivity contribution in [1.29, 1.82) is 0 Å². The van der Waals surface area contributed by atoms with Crippen molar-refractivity contribution in [3.63, 3.8) is 0 Å². The molecule has 1 N–H and O–H groups in total. The van der Waals surface area contributed by atoms with E-state index >= 15 is 0 Å². The predicted octanol–water partition coefficient (Wildman–Crippen LogP) is 3.54. The van der Waals surface area contributed by atoms with Crippen molar-refractivity contribution in [2.75, 3.05) is 6.54 Å². The summed E-state index contributed by atoms with van der Waals surface area (Å²) in [6, 6.07) is 9.99. The fraction of sp³-hybridized carbons (Fsp3) is 0.385. The third-order valence-electron chi connectivity index (χ3n) is 2.55. The summed E-state index contributed by atoms with van der Waals surface area (Å²) >= 11 is 0. The molecule has 0 aliphatic carbocycles. The standard InChI is InChI=1S/C13H17N3O/c1-11(12-7-3-2-4-8-12)6-5-9-13(17)10-15-16-14/h2-4,7-8,13,17H,1,5-6,9-10H2. The fourth-order valence-corrected chi connectivity index (χ4v) is 1.59. The summed E-state index contributed by atoms with van der Waals surface area (Å²) in [5.74, 6) is 0. The van der Waals surface area contributed by atoms with Gasteiger partial charge in [0.2, 0.25) is 0 Å². The Bertz CT molecular complexity index is 396. The van der Waals surface area contributed by atoms with Gasteiger partial charge in [0.05, 0.1) is 12.6 Å². The second-order valence-electron chi connectivity index (χ2n) is 3.93. The Labute approximate surface area is 101 Å². The quantitative estimate of drug-likeness (QED) is 0.435. The summed E-state index contributed by atoms with van der Waals surface area (Å²) in [6.45, 7) is 4.17. The molecule has 0 saturated heterocycles. The maximum atomic E-state index is 9.47. The van der Waals surface area contributed by atoms with E-state index in [0.29, 0.717) is 6.42 Å². The normalized spacial score (nSPS) is 11.6. The summed E-state index contributed by atoms with van der Waals surface area (Å²) in [5, 5.41) is 12.8. The minimum atomic E-state index is -0.547. The summed E-state index contributed by atoms with van der Waals surface area (Å²) in [4.78, 5) is 2.61. The van der Waals surface area contributed by atoms with Crippen molar-refractivity contribution in [3.05, 3.63) is 52.9 Å². The zero-order valence-electron chi connectivity index (χ0n) is 9.79. The number of azide groups is 1. The van der Waals surface area contributed by atoms with Crippen molar-refractivity contribution >= 4 is 5.57 Å². The van der Waals surface area contributed by atoms with Crippen LogP contribution in [0.4, 0.5) is 0 Å². The van der Waals surface area contributed by atoms with E-state index < -0.39 is 6.10 Å². The average Bonchev–Trinajstić information content (AvgIpc) is 2.37. The van der Waals surface area contributed by atoms with Crippen molar-refractivity contribution in [2.24, 2.45) is 5.11 Å². The zero-order chi connectivity index (χ0) is 12.5. The van der Waals surface area contributed by atoms with E-state index in [9.17, 15) is 5.11 Å². The first-order chi connectivity index (χ1) is 8.24. The number of benzene rings is 1. The van der Waals surface area contributed by atoms with Gasteiger partial charge >= 0.3 is 0 Å². The van der Waals surface area contributed by atoms with Crippen LogP contribution in [0.5, 0.6) is 0 Å². The second-order valence-corrected chi connectivity index (χ2v) is 3.93. The number of aliphatic hydroxyl groups excluding tert-OH is 1. The molecule has 90 valence electrons. The van der Waals surface area contributed by atoms with Crippen molar-refractivity contribution in [3.8, 4) is 0 Å². The number of aliphatic hydroxyl groups is 1. The lowest BCUT2D eigenvalue weighted by molar-refractivity contribution is 0.170. The Morgan fingerprint density at radius 1 is 1.41 bits per heavy atom. The first-order valence-corrected chi connectivity index (χ1v) is 5.66. The Morgan fingerprint density at radius 2 is 2.12 bits per heavy atom. The topological polar surface area (TPSA) is 69.0 Å². The minimum absolute atomic E-state index is 0.147. The number of allylic oxidation sites excluding steroid dienone is 1. The molecule has 1 rings (SSSR count). The van der Waals surface area contributed by atoms with Gasteiger partial charge in [0.25, 0.3) is 0 Å². The summed E-state index contributed by atoms with van der Waals surface area (Å²) in [7, 11) is 0. The largest absolute Gasteiger partial charge is 0.393 e. The first-order valence-electron chi connectivity index (χ1n) is 5.66. The van der Waals surface area contributed by atoms with Gasteiger partial charge in [-0.15, -0.1) is 0 Å². The van der Waals surface area contributed by atoms with Gasteiger partial charge in [-0.3, -0.25) is 0 Å². The Morgan fingerprint density at radius 3 is 2.76 bits per heavy atom. The average molecular weight is 231 g/mol. The van der Waals surface area contributed by atoms with Gasteiger partial charge in [-0.2, -0.15) is 0 Å².